The summed E-state index contributed by atoms with van der Waals surface area (Å²) in [7, 11) is 6.94. The highest BCUT2D eigenvalue weighted by molar-refractivity contribution is 5.53. The van der Waals surface area contributed by atoms with Gasteiger partial charge in [0.2, 0.25) is 0 Å². The van der Waals surface area contributed by atoms with Gasteiger partial charge in [-0.25, -0.2) is 0 Å². The average molecular weight is 281 g/mol. The molecule has 1 saturated heterocycles. The zero-order valence-electron chi connectivity index (χ0n) is 12.5. The maximum Gasteiger partial charge on any atom is 0.129 e. The summed E-state index contributed by atoms with van der Waals surface area (Å²) in [5, 5.41) is 9.65. The molecule has 0 amide bonds. The SMILES string of the molecule is COc1cc(OC)c(C2CCN(C)C2CO)c(OC)c1. The first-order valence-corrected chi connectivity index (χ1v) is 6.77. The minimum atomic E-state index is 0.0891. The quantitative estimate of drug-likeness (QED) is 0.886. The molecular formula is C15H23NO4. The largest absolute Gasteiger partial charge is 0.496 e. The number of aliphatic hydroxyl groups is 1. The van der Waals surface area contributed by atoms with E-state index in [4.69, 9.17) is 14.2 Å². The fourth-order valence-electron chi connectivity index (χ4n) is 3.01. The highest BCUT2D eigenvalue weighted by atomic mass is 16.5. The van der Waals surface area contributed by atoms with Gasteiger partial charge in [0.15, 0.2) is 0 Å². The molecule has 5 heteroatoms. The molecule has 1 N–H and O–H groups in total. The van der Waals surface area contributed by atoms with Crippen molar-refractivity contribution in [3.8, 4) is 17.2 Å². The molecule has 0 spiro atoms. The van der Waals surface area contributed by atoms with E-state index in [9.17, 15) is 5.11 Å². The smallest absolute Gasteiger partial charge is 0.129 e. The normalized spacial score (nSPS) is 22.9. The van der Waals surface area contributed by atoms with Gasteiger partial charge in [0.25, 0.3) is 0 Å². The molecule has 112 valence electrons. The van der Waals surface area contributed by atoms with Crippen molar-refractivity contribution in [2.24, 2.45) is 0 Å². The number of likely N-dealkylation sites (N-methyl/N-ethyl adjacent to an activating group) is 1. The number of aliphatic hydroxyl groups excluding tert-OH is 1. The molecule has 2 unspecified atom stereocenters. The van der Waals surface area contributed by atoms with E-state index < -0.39 is 0 Å². The molecular weight excluding hydrogens is 258 g/mol. The van der Waals surface area contributed by atoms with E-state index >= 15 is 0 Å². The van der Waals surface area contributed by atoms with Crippen LogP contribution in [0.2, 0.25) is 0 Å². The summed E-state index contributed by atoms with van der Waals surface area (Å²) >= 11 is 0. The Balaban J connectivity index is 2.49. The van der Waals surface area contributed by atoms with Crippen LogP contribution in [-0.2, 0) is 0 Å². The molecule has 5 nitrogen and oxygen atoms in total. The van der Waals surface area contributed by atoms with E-state index in [-0.39, 0.29) is 18.6 Å². The predicted octanol–water partition coefficient (Wildman–Crippen LogP) is 1.49. The van der Waals surface area contributed by atoms with Crippen LogP contribution >= 0.6 is 0 Å². The fraction of sp³-hybridized carbons (Fsp3) is 0.600. The van der Waals surface area contributed by atoms with E-state index in [0.29, 0.717) is 5.75 Å². The molecule has 0 saturated carbocycles. The molecule has 0 aliphatic carbocycles. The van der Waals surface area contributed by atoms with Crippen LogP contribution in [-0.4, -0.2) is 57.6 Å². The second kappa shape index (κ2) is 6.33. The van der Waals surface area contributed by atoms with Gasteiger partial charge in [0.05, 0.1) is 27.9 Å². The van der Waals surface area contributed by atoms with Crippen LogP contribution in [0.15, 0.2) is 12.1 Å². The predicted molar refractivity (Wildman–Crippen MR) is 77.0 cm³/mol. The Morgan fingerprint density at radius 1 is 1.15 bits per heavy atom. The Bertz CT molecular complexity index is 438. The summed E-state index contributed by atoms with van der Waals surface area (Å²) in [6.07, 6.45) is 0.973. The van der Waals surface area contributed by atoms with Crippen molar-refractivity contribution in [1.82, 2.24) is 4.90 Å². The minimum absolute atomic E-state index is 0.0891. The van der Waals surface area contributed by atoms with Gasteiger partial charge < -0.3 is 24.2 Å². The number of likely N-dealkylation sites (tertiary alicyclic amines) is 1. The third kappa shape index (κ3) is 2.55. The molecule has 0 bridgehead atoms. The molecule has 1 aliphatic heterocycles. The third-order valence-corrected chi connectivity index (χ3v) is 4.13. The summed E-state index contributed by atoms with van der Waals surface area (Å²) in [4.78, 5) is 2.17. The van der Waals surface area contributed by atoms with Gasteiger partial charge in [-0.05, 0) is 20.0 Å². The van der Waals surface area contributed by atoms with Gasteiger partial charge in [0.1, 0.15) is 17.2 Å². The molecule has 1 aliphatic rings. The van der Waals surface area contributed by atoms with Crippen molar-refractivity contribution in [3.63, 3.8) is 0 Å². The minimum Gasteiger partial charge on any atom is -0.496 e. The lowest BCUT2D eigenvalue weighted by Crippen LogP contribution is -2.32. The number of methoxy groups -OCH3 is 3. The first-order valence-electron chi connectivity index (χ1n) is 6.77. The zero-order valence-corrected chi connectivity index (χ0v) is 12.5. The van der Waals surface area contributed by atoms with Crippen LogP contribution in [0.1, 0.15) is 17.9 Å². The maximum atomic E-state index is 9.65. The number of rotatable bonds is 5. The summed E-state index contributed by atoms with van der Waals surface area (Å²) < 4.78 is 16.3. The van der Waals surface area contributed by atoms with Crippen LogP contribution in [0, 0.1) is 0 Å². The first kappa shape index (κ1) is 14.9. The van der Waals surface area contributed by atoms with Crippen LogP contribution in [0.3, 0.4) is 0 Å². The van der Waals surface area contributed by atoms with Crippen molar-refractivity contribution in [3.05, 3.63) is 17.7 Å². The molecule has 1 heterocycles. The Morgan fingerprint density at radius 3 is 2.20 bits per heavy atom. The maximum absolute atomic E-state index is 9.65. The molecule has 0 radical (unpaired) electrons. The number of hydrogen-bond donors (Lipinski definition) is 1. The second-order valence-electron chi connectivity index (χ2n) is 5.07. The van der Waals surface area contributed by atoms with Crippen LogP contribution in [0.5, 0.6) is 17.2 Å². The zero-order chi connectivity index (χ0) is 14.7. The van der Waals surface area contributed by atoms with E-state index in [1.54, 1.807) is 21.3 Å². The summed E-state index contributed by atoms with van der Waals surface area (Å²) in [5.74, 6) is 2.40. The van der Waals surface area contributed by atoms with E-state index in [1.165, 1.54) is 0 Å². The molecule has 2 atom stereocenters. The summed E-state index contributed by atoms with van der Waals surface area (Å²) in [6, 6.07) is 3.82. The second-order valence-corrected chi connectivity index (χ2v) is 5.07. The van der Waals surface area contributed by atoms with Gasteiger partial charge >= 0.3 is 0 Å². The Labute approximate surface area is 120 Å². The number of nitrogens with zero attached hydrogens (tertiary/aromatic N) is 1. The van der Waals surface area contributed by atoms with Crippen molar-refractivity contribution in [2.45, 2.75) is 18.4 Å². The molecule has 1 aromatic carbocycles. The molecule has 1 aromatic rings. The Kier molecular flexibility index (Phi) is 4.73. The molecule has 2 rings (SSSR count). The number of ether oxygens (including phenoxy) is 3. The van der Waals surface area contributed by atoms with Gasteiger partial charge in [-0.15, -0.1) is 0 Å². The van der Waals surface area contributed by atoms with Crippen molar-refractivity contribution >= 4 is 0 Å². The van der Waals surface area contributed by atoms with Gasteiger partial charge in [-0.3, -0.25) is 0 Å². The number of hydrogen-bond acceptors (Lipinski definition) is 5. The van der Waals surface area contributed by atoms with Crippen molar-refractivity contribution in [2.75, 3.05) is 41.5 Å². The van der Waals surface area contributed by atoms with Gasteiger partial charge in [-0.1, -0.05) is 0 Å². The topological polar surface area (TPSA) is 51.2 Å². The highest BCUT2D eigenvalue weighted by Crippen LogP contribution is 2.44. The Morgan fingerprint density at radius 2 is 1.75 bits per heavy atom. The Hall–Kier alpha value is -1.46. The molecule has 1 fully saturated rings. The monoisotopic (exact) mass is 281 g/mol. The van der Waals surface area contributed by atoms with Crippen LogP contribution in [0.4, 0.5) is 0 Å². The lowest BCUT2D eigenvalue weighted by molar-refractivity contribution is 0.171. The summed E-state index contributed by atoms with van der Waals surface area (Å²) in [5.41, 5.74) is 1.01. The standard InChI is InChI=1S/C15H23NO4/c1-16-6-5-11(12(16)9-17)15-13(19-3)7-10(18-2)8-14(15)20-4/h7-8,11-12,17H,5-6,9H2,1-4H3. The highest BCUT2D eigenvalue weighted by Gasteiger charge is 2.36. The lowest BCUT2D eigenvalue weighted by atomic mass is 9.90. The lowest BCUT2D eigenvalue weighted by Gasteiger charge is -2.26. The van der Waals surface area contributed by atoms with Crippen LogP contribution in [0.25, 0.3) is 0 Å². The van der Waals surface area contributed by atoms with Crippen molar-refractivity contribution < 1.29 is 19.3 Å². The van der Waals surface area contributed by atoms with E-state index in [2.05, 4.69) is 4.90 Å². The van der Waals surface area contributed by atoms with E-state index in [0.717, 1.165) is 30.0 Å². The van der Waals surface area contributed by atoms with Crippen LogP contribution < -0.4 is 14.2 Å². The van der Waals surface area contributed by atoms with Crippen molar-refractivity contribution in [1.29, 1.82) is 0 Å². The van der Waals surface area contributed by atoms with E-state index in [1.807, 2.05) is 19.2 Å². The van der Waals surface area contributed by atoms with Gasteiger partial charge in [-0.2, -0.15) is 0 Å². The molecule has 20 heavy (non-hydrogen) atoms. The molecule has 0 aromatic heterocycles. The average Bonchev–Trinajstić information content (AvgIpc) is 2.85. The first-order chi connectivity index (χ1) is 9.65. The number of benzene rings is 1. The van der Waals surface area contributed by atoms with Gasteiger partial charge in [0, 0.05) is 29.7 Å². The summed E-state index contributed by atoms with van der Waals surface area (Å²) in [6.45, 7) is 1.08. The fourth-order valence-corrected chi connectivity index (χ4v) is 3.01. The third-order valence-electron chi connectivity index (χ3n) is 4.13.